The number of nitrogens with one attached hydrogen (secondary N) is 3. The van der Waals surface area contributed by atoms with Crippen LogP contribution in [0, 0.1) is 0 Å². The molecule has 1 aromatic carbocycles. The second kappa shape index (κ2) is 5.57. The molecule has 5 nitrogen and oxygen atoms in total. The van der Waals surface area contributed by atoms with Crippen molar-refractivity contribution < 1.29 is 4.79 Å². The lowest BCUT2D eigenvalue weighted by atomic mass is 9.94. The van der Waals surface area contributed by atoms with Crippen molar-refractivity contribution in [1.82, 2.24) is 20.5 Å². The first-order chi connectivity index (χ1) is 11.3. The highest BCUT2D eigenvalue weighted by molar-refractivity contribution is 6.00. The Balaban J connectivity index is 1.70. The molecule has 0 spiro atoms. The second-order valence-corrected chi connectivity index (χ2v) is 6.12. The highest BCUT2D eigenvalue weighted by atomic mass is 16.1. The maximum absolute atomic E-state index is 12.2. The van der Waals surface area contributed by atoms with Crippen LogP contribution >= 0.6 is 0 Å². The smallest absolute Gasteiger partial charge is 0.251 e. The van der Waals surface area contributed by atoms with Crippen molar-refractivity contribution in [3.05, 3.63) is 41.1 Å². The van der Waals surface area contributed by atoms with Crippen molar-refractivity contribution >= 4 is 16.8 Å². The average Bonchev–Trinajstić information content (AvgIpc) is 3.17. The van der Waals surface area contributed by atoms with E-state index in [2.05, 4.69) is 33.5 Å². The first-order valence-corrected chi connectivity index (χ1v) is 8.23. The van der Waals surface area contributed by atoms with Gasteiger partial charge >= 0.3 is 0 Å². The molecule has 0 fully saturated rings. The van der Waals surface area contributed by atoms with Crippen LogP contribution in [0.3, 0.4) is 0 Å². The quantitative estimate of drug-likeness (QED) is 0.648. The Bertz CT molecular complexity index is 874. The molecule has 23 heavy (non-hydrogen) atoms. The lowest BCUT2D eigenvalue weighted by Crippen LogP contribution is -2.24. The predicted molar refractivity (Wildman–Crippen MR) is 90.5 cm³/mol. The summed E-state index contributed by atoms with van der Waals surface area (Å²) in [5, 5.41) is 11.4. The van der Waals surface area contributed by atoms with Crippen molar-refractivity contribution in [2.24, 2.45) is 0 Å². The number of fused-ring (bicyclic) bond motifs is 5. The van der Waals surface area contributed by atoms with Crippen LogP contribution in [-0.2, 0) is 12.8 Å². The van der Waals surface area contributed by atoms with Gasteiger partial charge in [0.15, 0.2) is 0 Å². The maximum atomic E-state index is 12.2. The van der Waals surface area contributed by atoms with Crippen molar-refractivity contribution in [1.29, 1.82) is 0 Å². The van der Waals surface area contributed by atoms with Crippen LogP contribution in [-0.4, -0.2) is 27.6 Å². The zero-order valence-corrected chi connectivity index (χ0v) is 13.2. The molecule has 2 heterocycles. The Kier molecular flexibility index (Phi) is 3.41. The maximum Gasteiger partial charge on any atom is 0.251 e. The van der Waals surface area contributed by atoms with Gasteiger partial charge in [0.1, 0.15) is 0 Å². The predicted octanol–water partition coefficient (Wildman–Crippen LogP) is 3.19. The third-order valence-electron chi connectivity index (χ3n) is 4.60. The van der Waals surface area contributed by atoms with Gasteiger partial charge in [0.05, 0.1) is 17.6 Å². The largest absolute Gasteiger partial charge is 0.353 e. The lowest BCUT2D eigenvalue weighted by Gasteiger charge is -2.11. The van der Waals surface area contributed by atoms with Gasteiger partial charge < -0.3 is 10.3 Å². The van der Waals surface area contributed by atoms with E-state index >= 15 is 0 Å². The fourth-order valence-corrected chi connectivity index (χ4v) is 3.33. The van der Waals surface area contributed by atoms with Gasteiger partial charge in [-0.3, -0.25) is 9.89 Å². The Labute approximate surface area is 134 Å². The summed E-state index contributed by atoms with van der Waals surface area (Å²) in [6.07, 6.45) is 5.99. The number of amides is 1. The molecule has 2 aromatic heterocycles. The Hall–Kier alpha value is -2.56. The zero-order chi connectivity index (χ0) is 15.8. The van der Waals surface area contributed by atoms with Gasteiger partial charge in [-0.1, -0.05) is 19.4 Å². The molecule has 4 rings (SSSR count). The van der Waals surface area contributed by atoms with Crippen molar-refractivity contribution in [2.75, 3.05) is 6.54 Å². The van der Waals surface area contributed by atoms with Crippen LogP contribution in [0.5, 0.6) is 0 Å². The van der Waals surface area contributed by atoms with Crippen LogP contribution in [0.15, 0.2) is 24.4 Å². The van der Waals surface area contributed by atoms with Crippen molar-refractivity contribution in [3.8, 4) is 11.4 Å². The topological polar surface area (TPSA) is 73.6 Å². The van der Waals surface area contributed by atoms with E-state index in [1.165, 1.54) is 16.5 Å². The third kappa shape index (κ3) is 2.32. The summed E-state index contributed by atoms with van der Waals surface area (Å²) in [6, 6.07) is 5.92. The minimum atomic E-state index is -0.00449. The molecule has 0 saturated heterocycles. The molecule has 0 saturated carbocycles. The number of nitrogens with zero attached hydrogens (tertiary/aromatic N) is 1. The van der Waals surface area contributed by atoms with E-state index in [4.69, 9.17) is 0 Å². The molecule has 0 radical (unpaired) electrons. The normalized spacial score (nSPS) is 12.9. The molecule has 1 aliphatic rings. The van der Waals surface area contributed by atoms with E-state index < -0.39 is 0 Å². The number of carbonyl (C=O) groups is 1. The van der Waals surface area contributed by atoms with Gasteiger partial charge in [-0.15, -0.1) is 0 Å². The third-order valence-corrected chi connectivity index (χ3v) is 4.60. The molecule has 1 aliphatic carbocycles. The van der Waals surface area contributed by atoms with E-state index in [1.807, 2.05) is 18.3 Å². The number of H-pyrrole nitrogens is 2. The zero-order valence-electron chi connectivity index (χ0n) is 13.2. The second-order valence-electron chi connectivity index (χ2n) is 6.12. The highest BCUT2D eigenvalue weighted by Gasteiger charge is 2.22. The summed E-state index contributed by atoms with van der Waals surface area (Å²) in [4.78, 5) is 15.7. The number of aryl methyl sites for hydroxylation is 2. The molecule has 1 amide bonds. The minimum Gasteiger partial charge on any atom is -0.353 e. The summed E-state index contributed by atoms with van der Waals surface area (Å²) in [5.41, 5.74) is 6.48. The summed E-state index contributed by atoms with van der Waals surface area (Å²) >= 11 is 0. The van der Waals surface area contributed by atoms with Crippen LogP contribution in [0.1, 0.15) is 41.3 Å². The van der Waals surface area contributed by atoms with Gasteiger partial charge in [0.25, 0.3) is 5.91 Å². The molecular formula is C18H20N4O. The van der Waals surface area contributed by atoms with Gasteiger partial charge in [0, 0.05) is 23.0 Å². The van der Waals surface area contributed by atoms with E-state index in [0.717, 1.165) is 49.1 Å². The molecule has 0 atom stereocenters. The number of rotatable bonds is 4. The first kappa shape index (κ1) is 14.1. The fourth-order valence-electron chi connectivity index (χ4n) is 3.33. The lowest BCUT2D eigenvalue weighted by molar-refractivity contribution is 0.0953. The van der Waals surface area contributed by atoms with Crippen molar-refractivity contribution in [3.63, 3.8) is 0 Å². The number of unbranched alkanes of at least 4 members (excludes halogenated alkanes) is 1. The number of aromatic amines is 2. The molecular weight excluding hydrogens is 288 g/mol. The Morgan fingerprint density at radius 2 is 2.22 bits per heavy atom. The summed E-state index contributed by atoms with van der Waals surface area (Å²) in [6.45, 7) is 2.84. The van der Waals surface area contributed by atoms with Crippen LogP contribution in [0.25, 0.3) is 22.3 Å². The molecule has 0 bridgehead atoms. The molecule has 0 unspecified atom stereocenters. The Morgan fingerprint density at radius 3 is 3.09 bits per heavy atom. The van der Waals surface area contributed by atoms with Gasteiger partial charge in [0.2, 0.25) is 0 Å². The number of aromatic nitrogens is 3. The molecule has 3 N–H and O–H groups in total. The number of benzene rings is 1. The van der Waals surface area contributed by atoms with Crippen LogP contribution < -0.4 is 5.32 Å². The first-order valence-electron chi connectivity index (χ1n) is 8.23. The van der Waals surface area contributed by atoms with E-state index in [1.54, 1.807) is 0 Å². The molecule has 5 heteroatoms. The number of hydrogen-bond donors (Lipinski definition) is 3. The van der Waals surface area contributed by atoms with E-state index in [0.29, 0.717) is 5.56 Å². The standard InChI is InChI=1S/C18H20N4O/c1-2-3-8-19-18(23)11-4-6-13-14-7-5-12-10-20-22-16(12)17(14)21-15(13)9-11/h4,6,9-10,21H,2-3,5,7-8H2,1H3,(H,19,23)(H,20,22). The SMILES string of the molecule is CCCCNC(=O)c1ccc2c3c([nH]c2c1)-c1[nH]ncc1CC3. The highest BCUT2D eigenvalue weighted by Crippen LogP contribution is 2.36. The van der Waals surface area contributed by atoms with Gasteiger partial charge in [-0.2, -0.15) is 5.10 Å². The minimum absolute atomic E-state index is 0.00449. The monoisotopic (exact) mass is 308 g/mol. The number of carbonyl (C=O) groups excluding carboxylic acids is 1. The summed E-state index contributed by atoms with van der Waals surface area (Å²) in [7, 11) is 0. The van der Waals surface area contributed by atoms with Crippen molar-refractivity contribution in [2.45, 2.75) is 32.6 Å². The fraction of sp³-hybridized carbons (Fsp3) is 0.333. The van der Waals surface area contributed by atoms with E-state index in [-0.39, 0.29) is 5.91 Å². The summed E-state index contributed by atoms with van der Waals surface area (Å²) < 4.78 is 0. The van der Waals surface area contributed by atoms with Crippen LogP contribution in [0.4, 0.5) is 0 Å². The Morgan fingerprint density at radius 1 is 1.30 bits per heavy atom. The van der Waals surface area contributed by atoms with Crippen LogP contribution in [0.2, 0.25) is 0 Å². The van der Waals surface area contributed by atoms with Gasteiger partial charge in [-0.05, 0) is 42.5 Å². The molecule has 3 aromatic rings. The average molecular weight is 308 g/mol. The molecule has 0 aliphatic heterocycles. The molecule has 118 valence electrons. The van der Waals surface area contributed by atoms with Gasteiger partial charge in [-0.25, -0.2) is 0 Å². The number of hydrogen-bond acceptors (Lipinski definition) is 2. The van der Waals surface area contributed by atoms with E-state index in [9.17, 15) is 4.79 Å². The summed E-state index contributed by atoms with van der Waals surface area (Å²) in [5.74, 6) is -0.00449.